The summed E-state index contributed by atoms with van der Waals surface area (Å²) in [5.41, 5.74) is 4.71. The van der Waals surface area contributed by atoms with Crippen LogP contribution in [-0.2, 0) is 0 Å². The molecule has 0 atom stereocenters. The van der Waals surface area contributed by atoms with Gasteiger partial charge in [-0.05, 0) is 0 Å². The van der Waals surface area contributed by atoms with Crippen LogP contribution in [0.25, 0.3) is 0 Å². The van der Waals surface area contributed by atoms with Crippen molar-refractivity contribution in [1.29, 1.82) is 0 Å². The van der Waals surface area contributed by atoms with Gasteiger partial charge in [-0.15, -0.1) is 12.6 Å². The zero-order chi connectivity index (χ0) is 6.28. The third-order valence-corrected chi connectivity index (χ3v) is 0. The zero-order valence-electron chi connectivity index (χ0n) is 4.64. The van der Waals surface area contributed by atoms with E-state index in [0.717, 1.165) is 49.0 Å². The van der Waals surface area contributed by atoms with Crippen molar-refractivity contribution >= 4 is 78.1 Å². The molecule has 0 saturated heterocycles. The maximum Gasteiger partial charge on any atom is 0.128 e. The molecule has 0 aliphatic heterocycles. The molecule has 0 spiro atoms. The van der Waals surface area contributed by atoms with Crippen LogP contribution < -0.4 is 5.73 Å². The SMILES string of the molecule is C[CH2][K].NC(=S)S. The summed E-state index contributed by atoms with van der Waals surface area (Å²) >= 11 is 8.76. The predicted octanol–water partition coefficient (Wildman–Crippen LogP) is 0.753. The van der Waals surface area contributed by atoms with Gasteiger partial charge >= 0.3 is 56.4 Å². The first-order valence-corrected chi connectivity index (χ1v) is 5.19. The van der Waals surface area contributed by atoms with Gasteiger partial charge in [-0.25, -0.2) is 0 Å². The minimum atomic E-state index is 0.194. The number of rotatable bonds is 0. The van der Waals surface area contributed by atoms with E-state index in [0.29, 0.717) is 0 Å². The van der Waals surface area contributed by atoms with Crippen LogP contribution in [0.2, 0.25) is 0.515 Å². The molecule has 0 aromatic heterocycles. The smallest absolute Gasteiger partial charge is 0.128 e. The molecule has 0 aliphatic carbocycles. The molecule has 0 bridgehead atoms. The Morgan fingerprint density at radius 3 is 2.00 bits per heavy atom. The molecular weight excluding hydrogens is 153 g/mol. The Morgan fingerprint density at radius 2 is 2.00 bits per heavy atom. The van der Waals surface area contributed by atoms with Crippen LogP contribution in [0.4, 0.5) is 0 Å². The number of thiol groups is 1. The van der Waals surface area contributed by atoms with Gasteiger partial charge in [-0.1, -0.05) is 12.2 Å². The average molecular weight is 161 g/mol. The summed E-state index contributed by atoms with van der Waals surface area (Å²) in [6, 6.07) is 0. The van der Waals surface area contributed by atoms with Gasteiger partial charge in [0.1, 0.15) is 4.32 Å². The quantitative estimate of drug-likeness (QED) is 0.311. The summed E-state index contributed by atoms with van der Waals surface area (Å²) in [5, 5.41) is 0. The Hall–Kier alpha value is 1.88. The Morgan fingerprint density at radius 1 is 2.00 bits per heavy atom. The van der Waals surface area contributed by atoms with Crippen molar-refractivity contribution in [3.05, 3.63) is 0 Å². The Kier molecular flexibility index (Phi) is 17.9. The topological polar surface area (TPSA) is 26.0 Å². The second kappa shape index (κ2) is 10.8. The standard InChI is InChI=1S/C2H5.CH3NS2.K/c1-2;2-1(3)4;/h1H2,2H3;(H3,2,3,4);. The molecule has 1 nitrogen and oxygen atoms in total. The Labute approximate surface area is 89.4 Å². The molecule has 0 aromatic rings. The van der Waals surface area contributed by atoms with Gasteiger partial charge in [0, 0.05) is 0 Å². The molecule has 0 aliphatic rings. The monoisotopic (exact) mass is 161 g/mol. The van der Waals surface area contributed by atoms with Crippen LogP contribution in [0, 0.1) is 0 Å². The van der Waals surface area contributed by atoms with Crippen LogP contribution >= 0.6 is 24.8 Å². The second-order valence-corrected chi connectivity index (χ2v) is 4.48. The molecule has 2 N–H and O–H groups in total. The van der Waals surface area contributed by atoms with Crippen molar-refractivity contribution in [2.45, 2.75) is 7.44 Å². The molecule has 4 heteroatoms. The molecule has 0 amide bonds. The number of nitrogens with two attached hydrogens (primary N) is 1. The first kappa shape index (κ1) is 11.6. The minimum Gasteiger partial charge on any atom is -0.385 e. The van der Waals surface area contributed by atoms with E-state index in [2.05, 4.69) is 31.8 Å². The number of thiocarbonyl (C=S) groups is 1. The van der Waals surface area contributed by atoms with Crippen LogP contribution in [0.15, 0.2) is 0 Å². The molecule has 0 radical (unpaired) electrons. The average Bonchev–Trinajstić information content (AvgIpc) is 1.33. The van der Waals surface area contributed by atoms with Gasteiger partial charge in [0.05, 0.1) is 0 Å². The normalized spacial score (nSPS) is 6.29. The third kappa shape index (κ3) is 77.3. The van der Waals surface area contributed by atoms with Crippen molar-refractivity contribution in [2.24, 2.45) is 5.73 Å². The Bertz CT molecular complexity index is 44.2. The maximum atomic E-state index is 4.71. The first-order chi connectivity index (χ1) is 3.15. The number of hydrogen-bond donors (Lipinski definition) is 2. The predicted molar refractivity (Wildman–Crippen MR) is 42.0 cm³/mol. The van der Waals surface area contributed by atoms with Crippen LogP contribution in [0.1, 0.15) is 6.92 Å². The molecule has 0 rings (SSSR count). The summed E-state index contributed by atoms with van der Waals surface area (Å²) in [4.78, 5) is 0. The molecule has 0 aromatic carbocycles. The second-order valence-electron chi connectivity index (χ2n) is 1.05. The van der Waals surface area contributed by atoms with Crippen molar-refractivity contribution in [1.82, 2.24) is 0 Å². The molecule has 0 saturated carbocycles. The van der Waals surface area contributed by atoms with E-state index in [1.54, 1.807) is 0 Å². The van der Waals surface area contributed by atoms with E-state index in [-0.39, 0.29) is 4.32 Å². The molecule has 0 fully saturated rings. The summed E-state index contributed by atoms with van der Waals surface area (Å²) in [5.74, 6) is 0. The van der Waals surface area contributed by atoms with Gasteiger partial charge in [0.15, 0.2) is 0 Å². The van der Waals surface area contributed by atoms with E-state index in [9.17, 15) is 0 Å². The fraction of sp³-hybridized carbons (Fsp3) is 0.667. The van der Waals surface area contributed by atoms with Crippen molar-refractivity contribution in [2.75, 3.05) is 0 Å². The fourth-order valence-corrected chi connectivity index (χ4v) is 0. The van der Waals surface area contributed by atoms with Gasteiger partial charge in [0.2, 0.25) is 0 Å². The molecule has 0 heterocycles. The summed E-state index contributed by atoms with van der Waals surface area (Å²) < 4.78 is 1.63. The van der Waals surface area contributed by atoms with E-state index >= 15 is 0 Å². The first-order valence-electron chi connectivity index (χ1n) is 2.13. The Balaban J connectivity index is 0. The van der Waals surface area contributed by atoms with Gasteiger partial charge < -0.3 is 5.73 Å². The van der Waals surface area contributed by atoms with E-state index < -0.39 is 0 Å². The fourth-order valence-electron chi connectivity index (χ4n) is 0. The summed E-state index contributed by atoms with van der Waals surface area (Å²) in [6.07, 6.45) is 0. The third-order valence-electron chi connectivity index (χ3n) is 0. The zero-order valence-corrected chi connectivity index (χ0v) is 9.47. The van der Waals surface area contributed by atoms with Gasteiger partial charge in [-0.3, -0.25) is 0 Å². The minimum absolute atomic E-state index is 0.194. The molecule has 38 valence electrons. The van der Waals surface area contributed by atoms with Crippen LogP contribution in [0.5, 0.6) is 0 Å². The molecule has 0 unspecified atom stereocenters. The number of hydrogen-bond acceptors (Lipinski definition) is 1. The van der Waals surface area contributed by atoms with Crippen molar-refractivity contribution in [3.63, 3.8) is 0 Å². The van der Waals surface area contributed by atoms with Gasteiger partial charge in [0.25, 0.3) is 0 Å². The van der Waals surface area contributed by atoms with Crippen molar-refractivity contribution in [3.8, 4) is 0 Å². The van der Waals surface area contributed by atoms with Crippen LogP contribution in [0.3, 0.4) is 0 Å². The summed E-state index contributed by atoms with van der Waals surface area (Å²) in [7, 11) is 0. The van der Waals surface area contributed by atoms with E-state index in [4.69, 9.17) is 5.73 Å². The largest absolute Gasteiger partial charge is 0.385 e. The maximum absolute atomic E-state index is 4.71. The van der Waals surface area contributed by atoms with Crippen LogP contribution in [-0.4, -0.2) is 53.3 Å². The van der Waals surface area contributed by atoms with E-state index in [1.165, 1.54) is 0.515 Å². The van der Waals surface area contributed by atoms with E-state index in [1.807, 2.05) is 0 Å². The molecule has 7 heavy (non-hydrogen) atoms. The molecular formula is C3H8KNS2. The summed E-state index contributed by atoms with van der Waals surface area (Å²) in [6.45, 7) is 2.21. The van der Waals surface area contributed by atoms with Crippen molar-refractivity contribution < 1.29 is 0 Å². The van der Waals surface area contributed by atoms with Gasteiger partial charge in [-0.2, -0.15) is 0 Å².